The lowest BCUT2D eigenvalue weighted by Gasteiger charge is -2.05. The van der Waals surface area contributed by atoms with Gasteiger partial charge in [0.2, 0.25) is 5.91 Å². The Balaban J connectivity index is 1.68. The number of Topliss-reactive ketones (excluding diaryl/α,β-unsaturated/α-hetero) is 1. The zero-order chi connectivity index (χ0) is 17.3. The Bertz CT molecular complexity index is 925. The number of aromatic nitrogens is 4. The van der Waals surface area contributed by atoms with Crippen LogP contribution in [-0.4, -0.2) is 31.6 Å². The van der Waals surface area contributed by atoms with Crippen LogP contribution in [0.4, 0.5) is 5.82 Å². The maximum atomic E-state index is 12.1. The number of hydrogen-bond donors (Lipinski definition) is 1. The fourth-order valence-corrected chi connectivity index (χ4v) is 2.70. The Hall–Kier alpha value is -3.03. The van der Waals surface area contributed by atoms with Crippen molar-refractivity contribution in [2.75, 3.05) is 5.32 Å². The van der Waals surface area contributed by atoms with Crippen LogP contribution < -0.4 is 5.32 Å². The summed E-state index contributed by atoms with van der Waals surface area (Å²) < 4.78 is 6.72. The van der Waals surface area contributed by atoms with Crippen LogP contribution in [0.1, 0.15) is 35.1 Å². The van der Waals surface area contributed by atoms with Gasteiger partial charge in [-0.15, -0.1) is 0 Å². The molecule has 0 saturated carbocycles. The van der Waals surface area contributed by atoms with E-state index in [2.05, 4.69) is 20.6 Å². The molecule has 3 heterocycles. The van der Waals surface area contributed by atoms with Gasteiger partial charge in [0.15, 0.2) is 11.6 Å². The number of hydrogen-bond acceptors (Lipinski definition) is 6. The zero-order valence-corrected chi connectivity index (χ0v) is 13.7. The minimum Gasteiger partial charge on any atom is -0.334 e. The van der Waals surface area contributed by atoms with E-state index in [0.29, 0.717) is 34.7 Å². The van der Waals surface area contributed by atoms with E-state index < -0.39 is 0 Å². The molecule has 24 heavy (non-hydrogen) atoms. The number of nitrogens with zero attached hydrogens (tertiary/aromatic N) is 4. The summed E-state index contributed by atoms with van der Waals surface area (Å²) in [5.41, 5.74) is 2.43. The quantitative estimate of drug-likeness (QED) is 0.721. The van der Waals surface area contributed by atoms with E-state index in [1.807, 2.05) is 6.92 Å². The molecule has 0 aliphatic heterocycles. The van der Waals surface area contributed by atoms with Crippen molar-refractivity contribution in [1.82, 2.24) is 19.9 Å². The lowest BCUT2D eigenvalue weighted by Crippen LogP contribution is -2.16. The molecule has 8 nitrogen and oxygen atoms in total. The van der Waals surface area contributed by atoms with Crippen molar-refractivity contribution >= 4 is 28.6 Å². The predicted molar refractivity (Wildman–Crippen MR) is 86.8 cm³/mol. The molecule has 0 spiro atoms. The summed E-state index contributed by atoms with van der Waals surface area (Å²) in [4.78, 5) is 27.8. The summed E-state index contributed by atoms with van der Waals surface area (Å²) >= 11 is 0. The maximum absolute atomic E-state index is 12.1. The van der Waals surface area contributed by atoms with E-state index in [9.17, 15) is 9.59 Å². The number of carbonyl (C=O) groups excluding carboxylic acids is 2. The minimum atomic E-state index is -0.217. The van der Waals surface area contributed by atoms with Crippen molar-refractivity contribution in [3.8, 4) is 0 Å². The second kappa shape index (κ2) is 6.23. The third kappa shape index (κ3) is 2.90. The number of nitrogens with one attached hydrogen (secondary N) is 1. The third-order valence-corrected chi connectivity index (χ3v) is 3.79. The van der Waals surface area contributed by atoms with Gasteiger partial charge in [-0.3, -0.25) is 14.3 Å². The van der Waals surface area contributed by atoms with Gasteiger partial charge >= 0.3 is 0 Å². The van der Waals surface area contributed by atoms with Gasteiger partial charge in [-0.25, -0.2) is 4.98 Å². The van der Waals surface area contributed by atoms with Crippen molar-refractivity contribution in [1.29, 1.82) is 0 Å². The summed E-state index contributed by atoms with van der Waals surface area (Å²) in [5, 5.41) is 11.5. The second-order valence-corrected chi connectivity index (χ2v) is 5.51. The van der Waals surface area contributed by atoms with E-state index in [0.717, 1.165) is 5.69 Å². The molecule has 0 aliphatic carbocycles. The first-order chi connectivity index (χ1) is 11.5. The molecule has 0 bridgehead atoms. The first kappa shape index (κ1) is 15.9. The van der Waals surface area contributed by atoms with Gasteiger partial charge in [0.05, 0.1) is 16.6 Å². The number of amides is 1. The number of aryl methyl sites for hydroxylation is 2. The Morgan fingerprint density at radius 3 is 2.83 bits per heavy atom. The van der Waals surface area contributed by atoms with Gasteiger partial charge in [-0.2, -0.15) is 5.10 Å². The lowest BCUT2D eigenvalue weighted by molar-refractivity contribution is -0.116. The standard InChI is InChI=1S/C16H17N5O3/c1-9-14(11(3)22)10(2)21(19-9)8-6-13(23)18-15-12-5-4-7-17-16(12)24-20-15/h4-5,7H,6,8H2,1-3H3,(H,18,20,23). The van der Waals surface area contributed by atoms with Crippen LogP contribution >= 0.6 is 0 Å². The van der Waals surface area contributed by atoms with Crippen molar-refractivity contribution < 1.29 is 14.1 Å². The van der Waals surface area contributed by atoms with Crippen molar-refractivity contribution in [3.05, 3.63) is 35.3 Å². The van der Waals surface area contributed by atoms with Gasteiger partial charge in [0.25, 0.3) is 5.71 Å². The van der Waals surface area contributed by atoms with E-state index in [1.165, 1.54) is 6.92 Å². The Morgan fingerprint density at radius 2 is 2.12 bits per heavy atom. The van der Waals surface area contributed by atoms with Crippen LogP contribution in [0.25, 0.3) is 11.1 Å². The highest BCUT2D eigenvalue weighted by molar-refractivity contribution is 5.98. The summed E-state index contributed by atoms with van der Waals surface area (Å²) in [6.45, 7) is 5.50. The van der Waals surface area contributed by atoms with Crippen LogP contribution in [0.15, 0.2) is 22.9 Å². The molecule has 0 atom stereocenters. The highest BCUT2D eigenvalue weighted by Gasteiger charge is 2.16. The molecule has 0 saturated heterocycles. The molecule has 1 N–H and O–H groups in total. The number of rotatable bonds is 5. The number of carbonyl (C=O) groups is 2. The van der Waals surface area contributed by atoms with Crippen molar-refractivity contribution in [2.45, 2.75) is 33.7 Å². The predicted octanol–water partition coefficient (Wildman–Crippen LogP) is 2.27. The molecule has 3 aromatic rings. The number of ketones is 1. The number of anilines is 1. The molecule has 1 amide bonds. The summed E-state index contributed by atoms with van der Waals surface area (Å²) in [5.74, 6) is 0.106. The van der Waals surface area contributed by atoms with Crippen LogP contribution in [0.3, 0.4) is 0 Å². The Kier molecular flexibility index (Phi) is 4.11. The summed E-state index contributed by atoms with van der Waals surface area (Å²) in [6.07, 6.45) is 1.79. The van der Waals surface area contributed by atoms with Crippen LogP contribution in [0, 0.1) is 13.8 Å². The maximum Gasteiger partial charge on any atom is 0.259 e. The summed E-state index contributed by atoms with van der Waals surface area (Å²) in [6, 6.07) is 3.52. The van der Waals surface area contributed by atoms with Gasteiger partial charge in [0, 0.05) is 24.9 Å². The molecule has 0 fully saturated rings. The van der Waals surface area contributed by atoms with Crippen molar-refractivity contribution in [3.63, 3.8) is 0 Å². The van der Waals surface area contributed by atoms with Crippen molar-refractivity contribution in [2.24, 2.45) is 0 Å². The van der Waals surface area contributed by atoms with Crippen LogP contribution in [-0.2, 0) is 11.3 Å². The highest BCUT2D eigenvalue weighted by atomic mass is 16.5. The zero-order valence-electron chi connectivity index (χ0n) is 13.7. The van der Waals surface area contributed by atoms with E-state index in [-0.39, 0.29) is 18.1 Å². The van der Waals surface area contributed by atoms with E-state index in [1.54, 1.807) is 29.9 Å². The normalized spacial score (nSPS) is 11.0. The Morgan fingerprint density at radius 1 is 1.33 bits per heavy atom. The number of pyridine rings is 1. The van der Waals surface area contributed by atoms with Crippen LogP contribution in [0.2, 0.25) is 0 Å². The smallest absolute Gasteiger partial charge is 0.259 e. The molecule has 3 aromatic heterocycles. The molecular formula is C16H17N5O3. The average molecular weight is 327 g/mol. The van der Waals surface area contributed by atoms with Crippen LogP contribution in [0.5, 0.6) is 0 Å². The topological polar surface area (TPSA) is 103 Å². The van der Waals surface area contributed by atoms with Gasteiger partial charge in [-0.05, 0) is 32.9 Å². The fraction of sp³-hybridized carbons (Fsp3) is 0.312. The number of fused-ring (bicyclic) bond motifs is 1. The molecule has 0 aromatic carbocycles. The molecule has 124 valence electrons. The SMILES string of the molecule is CC(=O)c1c(C)nn(CCC(=O)Nc2noc3ncccc23)c1C. The fourth-order valence-electron chi connectivity index (χ4n) is 2.70. The molecule has 8 heteroatoms. The summed E-state index contributed by atoms with van der Waals surface area (Å²) in [7, 11) is 0. The third-order valence-electron chi connectivity index (χ3n) is 3.79. The first-order valence-corrected chi connectivity index (χ1v) is 7.52. The monoisotopic (exact) mass is 327 g/mol. The molecule has 0 radical (unpaired) electrons. The Labute approximate surface area is 137 Å². The largest absolute Gasteiger partial charge is 0.334 e. The van der Waals surface area contributed by atoms with Gasteiger partial charge < -0.3 is 9.84 Å². The molecule has 0 aliphatic rings. The van der Waals surface area contributed by atoms with E-state index >= 15 is 0 Å². The highest BCUT2D eigenvalue weighted by Crippen LogP contribution is 2.20. The second-order valence-electron chi connectivity index (χ2n) is 5.51. The minimum absolute atomic E-state index is 0.0257. The van der Waals surface area contributed by atoms with Gasteiger partial charge in [0.1, 0.15) is 0 Å². The lowest BCUT2D eigenvalue weighted by atomic mass is 10.1. The van der Waals surface area contributed by atoms with E-state index in [4.69, 9.17) is 4.52 Å². The van der Waals surface area contributed by atoms with Gasteiger partial charge in [-0.1, -0.05) is 5.16 Å². The molecule has 3 rings (SSSR count). The molecule has 0 unspecified atom stereocenters. The molecular weight excluding hydrogens is 310 g/mol. The average Bonchev–Trinajstić information content (AvgIpc) is 3.06. The first-order valence-electron chi connectivity index (χ1n) is 7.52.